The van der Waals surface area contributed by atoms with Gasteiger partial charge in [-0.05, 0) is 48.2 Å². The number of hydrogen-bond donors (Lipinski definition) is 1. The van der Waals surface area contributed by atoms with Crippen LogP contribution in [0.4, 0.5) is 11.4 Å². The van der Waals surface area contributed by atoms with Crippen LogP contribution in [0.25, 0.3) is 0 Å². The number of nitro benzene ring substituents is 1. The summed E-state index contributed by atoms with van der Waals surface area (Å²) in [7, 11) is 0. The summed E-state index contributed by atoms with van der Waals surface area (Å²) in [6, 6.07) is 17.1. The van der Waals surface area contributed by atoms with Crippen LogP contribution in [0.1, 0.15) is 34.0 Å². The van der Waals surface area contributed by atoms with Crippen molar-refractivity contribution in [3.63, 3.8) is 0 Å². The summed E-state index contributed by atoms with van der Waals surface area (Å²) in [5, 5.41) is 15.3. The Balaban J connectivity index is 1.37. The summed E-state index contributed by atoms with van der Waals surface area (Å²) < 4.78 is 1.83. The van der Waals surface area contributed by atoms with Crippen LogP contribution in [0.3, 0.4) is 0 Å². The zero-order valence-electron chi connectivity index (χ0n) is 18.3. The first-order valence-electron chi connectivity index (χ1n) is 11.1. The quantitative estimate of drug-likeness (QED) is 0.442. The number of nitrogens with one attached hydrogen (secondary N) is 1. The summed E-state index contributed by atoms with van der Waals surface area (Å²) in [4.78, 5) is 38.5. The molecule has 5 rings (SSSR count). The second kappa shape index (κ2) is 8.95. The number of fused-ring (bicyclic) bond motifs is 4. The van der Waals surface area contributed by atoms with Gasteiger partial charge in [0.2, 0.25) is 0 Å². The Bertz CT molecular complexity index is 1320. The molecule has 1 fully saturated rings. The highest BCUT2D eigenvalue weighted by atomic mass is 35.5. The van der Waals surface area contributed by atoms with E-state index in [1.54, 1.807) is 36.4 Å². The van der Waals surface area contributed by atoms with Crippen LogP contribution in [0.2, 0.25) is 5.02 Å². The van der Waals surface area contributed by atoms with Gasteiger partial charge in [0.25, 0.3) is 17.2 Å². The van der Waals surface area contributed by atoms with E-state index in [1.165, 1.54) is 6.07 Å². The summed E-state index contributed by atoms with van der Waals surface area (Å²) in [6.07, 6.45) is 0.957. The van der Waals surface area contributed by atoms with Crippen LogP contribution in [-0.4, -0.2) is 28.5 Å². The predicted octanol–water partition coefficient (Wildman–Crippen LogP) is 3.96. The summed E-state index contributed by atoms with van der Waals surface area (Å²) >= 11 is 5.89. The van der Waals surface area contributed by atoms with Crippen molar-refractivity contribution in [3.05, 3.63) is 103 Å². The van der Waals surface area contributed by atoms with Crippen molar-refractivity contribution in [1.82, 2.24) is 9.88 Å². The standard InChI is InChI=1S/C25H23ClN4O4/c26-20-7-4-16(5-8-20)12-27-25(32)18-6-9-22(23(11-18)30(33)34)28-13-17-10-19(15-28)21-2-1-3-24(31)29(21)14-17/h1-9,11,17,19H,10,12-15H2,(H,27,32). The third kappa shape index (κ3) is 4.28. The Hall–Kier alpha value is -3.65. The first-order chi connectivity index (χ1) is 16.4. The molecule has 0 aliphatic carbocycles. The first kappa shape index (κ1) is 22.2. The number of benzene rings is 2. The molecule has 8 nitrogen and oxygen atoms in total. The number of carbonyl (C=O) groups is 1. The normalized spacial score (nSPS) is 18.8. The highest BCUT2D eigenvalue weighted by molar-refractivity contribution is 6.30. The van der Waals surface area contributed by atoms with Crippen LogP contribution >= 0.6 is 11.6 Å². The van der Waals surface area contributed by atoms with E-state index in [2.05, 4.69) is 5.32 Å². The van der Waals surface area contributed by atoms with Gasteiger partial charge >= 0.3 is 0 Å². The van der Waals surface area contributed by atoms with E-state index >= 15 is 0 Å². The van der Waals surface area contributed by atoms with E-state index in [9.17, 15) is 19.7 Å². The molecule has 1 N–H and O–H groups in total. The minimum absolute atomic E-state index is 0.000552. The Labute approximate surface area is 200 Å². The fourth-order valence-corrected chi connectivity index (χ4v) is 5.18. The van der Waals surface area contributed by atoms with Crippen molar-refractivity contribution in [3.8, 4) is 0 Å². The van der Waals surface area contributed by atoms with Gasteiger partial charge in [0.05, 0.1) is 4.92 Å². The second-order valence-corrected chi connectivity index (χ2v) is 9.31. The highest BCUT2D eigenvalue weighted by Crippen LogP contribution is 2.39. The fraction of sp³-hybridized carbons (Fsp3) is 0.280. The molecular formula is C25H23ClN4O4. The van der Waals surface area contributed by atoms with Gasteiger partial charge in [-0.2, -0.15) is 0 Å². The van der Waals surface area contributed by atoms with Gasteiger partial charge in [0.1, 0.15) is 5.69 Å². The fourth-order valence-electron chi connectivity index (χ4n) is 5.06. The molecule has 2 aliphatic rings. The minimum atomic E-state index is -0.436. The number of nitro groups is 1. The monoisotopic (exact) mass is 478 g/mol. The maximum Gasteiger partial charge on any atom is 0.293 e. The molecular weight excluding hydrogens is 456 g/mol. The van der Waals surface area contributed by atoms with E-state index in [0.29, 0.717) is 36.9 Å². The number of pyridine rings is 1. The number of nitrogens with zero attached hydrogens (tertiary/aromatic N) is 3. The van der Waals surface area contributed by atoms with Crippen LogP contribution in [0.15, 0.2) is 65.5 Å². The smallest absolute Gasteiger partial charge is 0.293 e. The Morgan fingerprint density at radius 2 is 1.88 bits per heavy atom. The summed E-state index contributed by atoms with van der Waals surface area (Å²) in [5.41, 5.74) is 2.50. The zero-order valence-corrected chi connectivity index (χ0v) is 19.1. The molecule has 9 heteroatoms. The van der Waals surface area contributed by atoms with Crippen molar-refractivity contribution < 1.29 is 9.72 Å². The molecule has 0 radical (unpaired) electrons. The molecule has 34 heavy (non-hydrogen) atoms. The highest BCUT2D eigenvalue weighted by Gasteiger charge is 2.36. The summed E-state index contributed by atoms with van der Waals surface area (Å²) in [6.45, 7) is 2.12. The van der Waals surface area contributed by atoms with Crippen molar-refractivity contribution in [2.75, 3.05) is 18.0 Å². The van der Waals surface area contributed by atoms with Gasteiger partial charge < -0.3 is 14.8 Å². The molecule has 1 amide bonds. The molecule has 2 aliphatic heterocycles. The lowest BCUT2D eigenvalue weighted by Gasteiger charge is -2.43. The molecule has 2 atom stereocenters. The predicted molar refractivity (Wildman–Crippen MR) is 129 cm³/mol. The molecule has 3 heterocycles. The van der Waals surface area contributed by atoms with E-state index in [-0.39, 0.29) is 34.6 Å². The Morgan fingerprint density at radius 1 is 1.09 bits per heavy atom. The first-order valence-corrected chi connectivity index (χ1v) is 11.5. The van der Waals surface area contributed by atoms with E-state index < -0.39 is 4.92 Å². The van der Waals surface area contributed by atoms with Crippen molar-refractivity contribution in [2.45, 2.75) is 25.4 Å². The van der Waals surface area contributed by atoms with Gasteiger partial charge in [-0.1, -0.05) is 29.8 Å². The van der Waals surface area contributed by atoms with Gasteiger partial charge in [-0.15, -0.1) is 0 Å². The van der Waals surface area contributed by atoms with Crippen molar-refractivity contribution >= 4 is 28.9 Å². The molecule has 2 bridgehead atoms. The number of halogens is 1. The van der Waals surface area contributed by atoms with Crippen LogP contribution < -0.4 is 15.8 Å². The molecule has 3 aromatic rings. The van der Waals surface area contributed by atoms with Crippen molar-refractivity contribution in [1.29, 1.82) is 0 Å². The van der Waals surface area contributed by atoms with Crippen molar-refractivity contribution in [2.24, 2.45) is 5.92 Å². The number of amides is 1. The maximum absolute atomic E-state index is 12.7. The molecule has 0 spiro atoms. The van der Waals surface area contributed by atoms with Crippen LogP contribution in [0, 0.1) is 16.0 Å². The lowest BCUT2D eigenvalue weighted by Crippen LogP contribution is -2.47. The van der Waals surface area contributed by atoms with Gasteiger partial charge in [0, 0.05) is 60.5 Å². The third-order valence-electron chi connectivity index (χ3n) is 6.62. The van der Waals surface area contributed by atoms with Gasteiger partial charge in [-0.25, -0.2) is 0 Å². The van der Waals surface area contributed by atoms with E-state index in [1.807, 2.05) is 27.7 Å². The molecule has 174 valence electrons. The molecule has 1 saturated heterocycles. The zero-order chi connectivity index (χ0) is 23.8. The topological polar surface area (TPSA) is 97.5 Å². The molecule has 0 saturated carbocycles. The lowest BCUT2D eigenvalue weighted by molar-refractivity contribution is -0.384. The number of carbonyl (C=O) groups excluding carboxylic acids is 1. The number of hydrogen-bond acceptors (Lipinski definition) is 5. The van der Waals surface area contributed by atoms with E-state index in [0.717, 1.165) is 17.7 Å². The average Bonchev–Trinajstić information content (AvgIpc) is 2.83. The number of aromatic nitrogens is 1. The summed E-state index contributed by atoms with van der Waals surface area (Å²) in [5.74, 6) is -0.0231. The van der Waals surface area contributed by atoms with Crippen LogP contribution in [-0.2, 0) is 13.1 Å². The van der Waals surface area contributed by atoms with Gasteiger partial charge in [-0.3, -0.25) is 19.7 Å². The molecule has 2 aromatic carbocycles. The maximum atomic E-state index is 12.7. The molecule has 1 aromatic heterocycles. The number of anilines is 1. The van der Waals surface area contributed by atoms with E-state index in [4.69, 9.17) is 11.6 Å². The minimum Gasteiger partial charge on any atom is -0.365 e. The Morgan fingerprint density at radius 3 is 2.65 bits per heavy atom. The SMILES string of the molecule is O=C(NCc1ccc(Cl)cc1)c1ccc(N2CC3CC(C2)c2cccc(=O)n2C3)c([N+](=O)[O-])c1. The largest absolute Gasteiger partial charge is 0.365 e. The van der Waals surface area contributed by atoms with Crippen LogP contribution in [0.5, 0.6) is 0 Å². The second-order valence-electron chi connectivity index (χ2n) is 8.87. The third-order valence-corrected chi connectivity index (χ3v) is 6.87. The van der Waals surface area contributed by atoms with Gasteiger partial charge in [0.15, 0.2) is 0 Å². The Kier molecular flexibility index (Phi) is 5.83. The number of rotatable bonds is 5. The number of piperidine rings is 1. The molecule has 2 unspecified atom stereocenters. The average molecular weight is 479 g/mol. The lowest BCUT2D eigenvalue weighted by atomic mass is 9.83.